The van der Waals surface area contributed by atoms with Crippen molar-refractivity contribution >= 4 is 59.6 Å². The van der Waals surface area contributed by atoms with Gasteiger partial charge in [-0.2, -0.15) is 13.2 Å². The predicted molar refractivity (Wildman–Crippen MR) is 184 cm³/mol. The lowest BCUT2D eigenvalue weighted by Crippen LogP contribution is -2.47. The fraction of sp³-hybridized carbons (Fsp3) is 0.424. The number of nitrogen functional groups attached to an aromatic ring is 1. The number of halogens is 5. The van der Waals surface area contributed by atoms with E-state index in [1.54, 1.807) is 30.3 Å². The van der Waals surface area contributed by atoms with Crippen molar-refractivity contribution in [2.24, 2.45) is 0 Å². The van der Waals surface area contributed by atoms with Gasteiger partial charge in [0.2, 0.25) is 0 Å². The number of hydrogen-bond acceptors (Lipinski definition) is 8. The molecule has 3 aromatic rings. The highest BCUT2D eigenvalue weighted by Gasteiger charge is 2.33. The molecule has 0 spiro atoms. The van der Waals surface area contributed by atoms with Crippen LogP contribution in [0, 0.1) is 0 Å². The van der Waals surface area contributed by atoms with Crippen molar-refractivity contribution in [3.63, 3.8) is 0 Å². The van der Waals surface area contributed by atoms with Crippen LogP contribution in [0.25, 0.3) is 0 Å². The quantitative estimate of drug-likeness (QED) is 0.129. The van der Waals surface area contributed by atoms with Crippen LogP contribution >= 0.6 is 36.6 Å². The number of aliphatic hydroxyl groups excluding tert-OH is 1. The van der Waals surface area contributed by atoms with Crippen LogP contribution in [-0.4, -0.2) is 79.9 Å². The molecule has 1 fully saturated rings. The number of aliphatic hydroxyl groups is 1. The molecule has 0 radical (unpaired) electrons. The highest BCUT2D eigenvalue weighted by Crippen LogP contribution is 2.49. The maximum absolute atomic E-state index is 13.3. The summed E-state index contributed by atoms with van der Waals surface area (Å²) in [6, 6.07) is 18.7. The third-order valence-corrected chi connectivity index (χ3v) is 8.70. The van der Waals surface area contributed by atoms with Crippen molar-refractivity contribution in [2.45, 2.75) is 42.2 Å². The highest BCUT2D eigenvalue weighted by atomic mass is 35.5. The zero-order valence-electron chi connectivity index (χ0n) is 25.9. The number of para-hydroxylation sites is 1. The molecule has 46 heavy (non-hydrogen) atoms. The monoisotopic (exact) mass is 702 g/mol. The summed E-state index contributed by atoms with van der Waals surface area (Å²) in [7, 11) is 0. The summed E-state index contributed by atoms with van der Waals surface area (Å²) >= 11 is 1.53. The van der Waals surface area contributed by atoms with Crippen molar-refractivity contribution in [1.82, 2.24) is 9.80 Å². The summed E-state index contributed by atoms with van der Waals surface area (Å²) in [4.78, 5) is 20.0. The van der Waals surface area contributed by atoms with Gasteiger partial charge in [-0.15, -0.1) is 24.8 Å². The van der Waals surface area contributed by atoms with Crippen LogP contribution in [0.2, 0.25) is 0 Å². The number of benzene rings is 3. The molecule has 254 valence electrons. The van der Waals surface area contributed by atoms with Crippen molar-refractivity contribution < 1.29 is 27.8 Å². The van der Waals surface area contributed by atoms with Crippen LogP contribution in [0.1, 0.15) is 42.1 Å². The van der Waals surface area contributed by atoms with Crippen LogP contribution in [0.4, 0.5) is 30.2 Å². The zero-order valence-corrected chi connectivity index (χ0v) is 28.3. The van der Waals surface area contributed by atoms with E-state index in [0.29, 0.717) is 36.6 Å². The minimum atomic E-state index is -4.35. The Balaban J connectivity index is 0.000000392. The molecule has 0 aliphatic carbocycles. The lowest BCUT2D eigenvalue weighted by molar-refractivity contribution is -0.137. The van der Waals surface area contributed by atoms with Gasteiger partial charge < -0.3 is 25.4 Å². The number of unbranched alkanes of at least 4 members (excludes halogenated alkanes) is 1. The van der Waals surface area contributed by atoms with Gasteiger partial charge in [-0.3, -0.25) is 4.90 Å². The van der Waals surface area contributed by atoms with Crippen molar-refractivity contribution in [1.29, 1.82) is 0 Å². The number of alkyl halides is 3. The first kappa shape index (κ1) is 39.5. The fourth-order valence-electron chi connectivity index (χ4n) is 5.09. The zero-order chi connectivity index (χ0) is 31.5. The van der Waals surface area contributed by atoms with E-state index in [1.807, 2.05) is 29.2 Å². The molecule has 0 saturated carbocycles. The molecule has 5 rings (SSSR count). The Kier molecular flexibility index (Phi) is 16.5. The number of carbonyl (C=O) groups is 1. The first-order valence-corrected chi connectivity index (χ1v) is 15.8. The Hall–Kier alpha value is -2.67. The fourth-order valence-corrected chi connectivity index (χ4v) is 6.16. The minimum absolute atomic E-state index is 0. The maximum atomic E-state index is 13.3. The Labute approximate surface area is 286 Å². The van der Waals surface area contributed by atoms with Gasteiger partial charge in [0.05, 0.1) is 35.7 Å². The first-order valence-electron chi connectivity index (χ1n) is 15.0. The normalized spacial score (nSPS) is 14.5. The molecule has 0 unspecified atom stereocenters. The van der Waals surface area contributed by atoms with E-state index in [0.717, 1.165) is 67.5 Å². The Morgan fingerprint density at radius 1 is 0.870 bits per heavy atom. The smallest absolute Gasteiger partial charge is 0.416 e. The number of ether oxygens (including phenoxy) is 1. The lowest BCUT2D eigenvalue weighted by atomic mass is 10.1. The third kappa shape index (κ3) is 11.2. The van der Waals surface area contributed by atoms with Crippen LogP contribution in [-0.2, 0) is 10.9 Å². The number of nitrogens with zero attached hydrogens (tertiary/aromatic N) is 3. The number of anilines is 3. The number of piperazine rings is 1. The largest absolute Gasteiger partial charge is 0.462 e. The van der Waals surface area contributed by atoms with E-state index in [4.69, 9.17) is 15.6 Å². The van der Waals surface area contributed by atoms with E-state index in [9.17, 15) is 18.0 Å². The first-order chi connectivity index (χ1) is 21.2. The summed E-state index contributed by atoms with van der Waals surface area (Å²) in [6.45, 7) is 8.83. The number of rotatable bonds is 10. The molecule has 2 heterocycles. The third-order valence-electron chi connectivity index (χ3n) is 7.57. The van der Waals surface area contributed by atoms with Crippen LogP contribution < -0.4 is 10.6 Å². The highest BCUT2D eigenvalue weighted by molar-refractivity contribution is 7.99. The SMILES string of the molecule is CCCCOC(=O)c1ccc(N)cc1.Cl.Cl.OCCN1CCN(CCCN2c3ccccc3Sc3ccc(C(F)(F)F)cc32)CC1. The summed E-state index contributed by atoms with van der Waals surface area (Å²) < 4.78 is 45.0. The number of nitrogens with two attached hydrogens (primary N) is 1. The minimum Gasteiger partial charge on any atom is -0.462 e. The van der Waals surface area contributed by atoms with E-state index in [-0.39, 0.29) is 37.4 Å². The van der Waals surface area contributed by atoms with Crippen molar-refractivity contribution in [3.8, 4) is 0 Å². The maximum Gasteiger partial charge on any atom is 0.416 e. The van der Waals surface area contributed by atoms with E-state index in [1.165, 1.54) is 23.9 Å². The molecule has 1 saturated heterocycles. The summed E-state index contributed by atoms with van der Waals surface area (Å²) in [6.07, 6.45) is -1.55. The Morgan fingerprint density at radius 2 is 1.50 bits per heavy atom. The van der Waals surface area contributed by atoms with Crippen molar-refractivity contribution in [3.05, 3.63) is 77.9 Å². The van der Waals surface area contributed by atoms with Gasteiger partial charge in [0, 0.05) is 54.7 Å². The van der Waals surface area contributed by atoms with E-state index >= 15 is 0 Å². The van der Waals surface area contributed by atoms with Crippen LogP contribution in [0.5, 0.6) is 0 Å². The summed E-state index contributed by atoms with van der Waals surface area (Å²) in [5.74, 6) is -0.279. The molecule has 0 aromatic heterocycles. The van der Waals surface area contributed by atoms with Gasteiger partial charge in [-0.25, -0.2) is 4.79 Å². The van der Waals surface area contributed by atoms with E-state index in [2.05, 4.69) is 16.7 Å². The number of carbonyl (C=O) groups excluding carboxylic acids is 1. The van der Waals surface area contributed by atoms with Gasteiger partial charge in [-0.05, 0) is 74.0 Å². The van der Waals surface area contributed by atoms with Crippen molar-refractivity contribution in [2.75, 3.05) is 69.7 Å². The number of hydrogen-bond donors (Lipinski definition) is 2. The van der Waals surface area contributed by atoms with Gasteiger partial charge >= 0.3 is 12.1 Å². The number of fused-ring (bicyclic) bond motifs is 2. The Morgan fingerprint density at radius 3 is 2.13 bits per heavy atom. The molecule has 3 aromatic carbocycles. The molecule has 7 nitrogen and oxygen atoms in total. The van der Waals surface area contributed by atoms with Gasteiger partial charge in [0.1, 0.15) is 0 Å². The summed E-state index contributed by atoms with van der Waals surface area (Å²) in [5, 5.41) is 9.07. The number of esters is 1. The van der Waals surface area contributed by atoms with Gasteiger partial charge in [-0.1, -0.05) is 37.2 Å². The van der Waals surface area contributed by atoms with Crippen LogP contribution in [0.3, 0.4) is 0 Å². The molecule has 0 bridgehead atoms. The lowest BCUT2D eigenvalue weighted by Gasteiger charge is -2.36. The second kappa shape index (κ2) is 19.2. The molecule has 13 heteroatoms. The van der Waals surface area contributed by atoms with Gasteiger partial charge in [0.25, 0.3) is 0 Å². The molecule has 3 N–H and O–H groups in total. The molecule has 2 aliphatic heterocycles. The average Bonchev–Trinajstić information content (AvgIpc) is 3.02. The summed E-state index contributed by atoms with van der Waals surface area (Å²) in [5.41, 5.74) is 7.70. The van der Waals surface area contributed by atoms with Gasteiger partial charge in [0.15, 0.2) is 0 Å². The standard InChI is InChI=1S/C22H26F3N3OS.C11H15NO2.2ClH/c23-22(24,25)17-6-7-21-19(16-17)28(18-4-1-2-5-20(18)30-21)9-3-8-26-10-12-27(13-11-26)14-15-29;1-2-3-8-14-11(13)9-4-6-10(12)7-5-9;;/h1-2,4-7,16,29H,3,8-15H2;4-7H,2-3,8,12H2,1H3;2*1H. The topological polar surface area (TPSA) is 82.3 Å². The number of β-amino-alcohol motifs (C(OH)–C–C–N with tert-alkyl or cyclic N) is 1. The Bertz CT molecular complexity index is 1360. The molecular weight excluding hydrogens is 660 g/mol. The molecule has 0 amide bonds. The average molecular weight is 704 g/mol. The second-order valence-electron chi connectivity index (χ2n) is 10.8. The van der Waals surface area contributed by atoms with Crippen LogP contribution in [0.15, 0.2) is 76.5 Å². The molecular formula is C33H43Cl2F3N4O3S. The molecule has 2 aliphatic rings. The second-order valence-corrected chi connectivity index (χ2v) is 11.9. The molecule has 0 atom stereocenters. The predicted octanol–water partition coefficient (Wildman–Crippen LogP) is 7.38. The van der Waals surface area contributed by atoms with E-state index < -0.39 is 11.7 Å².